The van der Waals surface area contributed by atoms with E-state index in [-0.39, 0.29) is 0 Å². The van der Waals surface area contributed by atoms with Crippen LogP contribution in [0.3, 0.4) is 0 Å². The van der Waals surface area contributed by atoms with Crippen molar-refractivity contribution in [3.63, 3.8) is 0 Å². The Hall–Kier alpha value is -4.87. The number of hydrogen-bond donors (Lipinski definition) is 0. The van der Waals surface area contributed by atoms with Gasteiger partial charge in [0.2, 0.25) is 0 Å². The van der Waals surface area contributed by atoms with E-state index in [1.807, 2.05) is 60.0 Å². The first-order valence-corrected chi connectivity index (χ1v) is 13.4. The molecule has 0 aliphatic rings. The van der Waals surface area contributed by atoms with Gasteiger partial charge < -0.3 is 0 Å². The fourth-order valence-corrected chi connectivity index (χ4v) is 6.60. The van der Waals surface area contributed by atoms with Crippen LogP contribution in [0.1, 0.15) is 0 Å². The molecule has 0 aliphatic heterocycles. The SMILES string of the molecule is c1ccc(-c2ccc3c(n2)c2c4sc5ccccc5c4ccc2n3-c2ccnc(-c3ccccc3)n2)cc1. The molecule has 0 saturated heterocycles. The van der Waals surface area contributed by atoms with Crippen LogP contribution in [0.4, 0.5) is 0 Å². The van der Waals surface area contributed by atoms with Crippen LogP contribution in [-0.4, -0.2) is 19.5 Å². The summed E-state index contributed by atoms with van der Waals surface area (Å²) in [4.78, 5) is 14.9. The Morgan fingerprint density at radius 2 is 1.32 bits per heavy atom. The van der Waals surface area contributed by atoms with E-state index in [2.05, 4.69) is 82.3 Å². The summed E-state index contributed by atoms with van der Waals surface area (Å²) in [7, 11) is 0. The molecule has 0 bridgehead atoms. The summed E-state index contributed by atoms with van der Waals surface area (Å²) in [6.45, 7) is 0. The second-order valence-electron chi connectivity index (χ2n) is 9.30. The molecule has 38 heavy (non-hydrogen) atoms. The van der Waals surface area contributed by atoms with Crippen LogP contribution in [0.15, 0.2) is 121 Å². The molecule has 5 heteroatoms. The average molecular weight is 505 g/mol. The highest BCUT2D eigenvalue weighted by atomic mass is 32.1. The van der Waals surface area contributed by atoms with Crippen LogP contribution in [-0.2, 0) is 0 Å². The van der Waals surface area contributed by atoms with Crippen molar-refractivity contribution in [1.29, 1.82) is 0 Å². The lowest BCUT2D eigenvalue weighted by molar-refractivity contribution is 1.04. The number of benzene rings is 4. The summed E-state index contributed by atoms with van der Waals surface area (Å²) in [5, 5.41) is 3.70. The smallest absolute Gasteiger partial charge is 0.161 e. The second-order valence-corrected chi connectivity index (χ2v) is 10.4. The van der Waals surface area contributed by atoms with Crippen LogP contribution < -0.4 is 0 Å². The van der Waals surface area contributed by atoms with Gasteiger partial charge in [-0.05, 0) is 30.3 Å². The van der Waals surface area contributed by atoms with Crippen molar-refractivity contribution in [3.8, 4) is 28.5 Å². The third-order valence-corrected chi connectivity index (χ3v) is 8.29. The molecule has 0 saturated carbocycles. The minimum Gasteiger partial charge on any atom is -0.292 e. The summed E-state index contributed by atoms with van der Waals surface area (Å²) in [5.41, 5.74) is 6.16. The first kappa shape index (κ1) is 21.2. The molecular formula is C33H20N4S. The Bertz CT molecular complexity index is 2130. The Morgan fingerprint density at radius 3 is 2.16 bits per heavy atom. The zero-order chi connectivity index (χ0) is 25.1. The van der Waals surface area contributed by atoms with Crippen molar-refractivity contribution in [3.05, 3.63) is 121 Å². The minimum absolute atomic E-state index is 0.704. The summed E-state index contributed by atoms with van der Waals surface area (Å²) in [6, 6.07) is 39.8. The normalized spacial score (nSPS) is 11.7. The molecule has 4 aromatic heterocycles. The molecule has 8 aromatic rings. The average Bonchev–Trinajstić information content (AvgIpc) is 3.53. The molecule has 8 rings (SSSR count). The molecule has 0 radical (unpaired) electrons. The van der Waals surface area contributed by atoms with Crippen LogP contribution in [0.5, 0.6) is 0 Å². The van der Waals surface area contributed by atoms with E-state index in [1.54, 1.807) is 0 Å². The van der Waals surface area contributed by atoms with Gasteiger partial charge in [-0.15, -0.1) is 11.3 Å². The van der Waals surface area contributed by atoms with Gasteiger partial charge in [-0.25, -0.2) is 15.0 Å². The molecule has 0 atom stereocenters. The lowest BCUT2D eigenvalue weighted by Gasteiger charge is -2.09. The molecule has 0 aliphatic carbocycles. The van der Waals surface area contributed by atoms with Crippen molar-refractivity contribution >= 4 is 53.4 Å². The summed E-state index contributed by atoms with van der Waals surface area (Å²) in [5.74, 6) is 1.53. The van der Waals surface area contributed by atoms with E-state index in [9.17, 15) is 0 Å². The number of thiophene rings is 1. The third-order valence-electron chi connectivity index (χ3n) is 7.09. The number of pyridine rings is 1. The summed E-state index contributed by atoms with van der Waals surface area (Å²) < 4.78 is 4.76. The van der Waals surface area contributed by atoms with Gasteiger partial charge in [-0.1, -0.05) is 84.9 Å². The highest BCUT2D eigenvalue weighted by Crippen LogP contribution is 2.43. The zero-order valence-corrected chi connectivity index (χ0v) is 21.1. The number of fused-ring (bicyclic) bond motifs is 7. The fraction of sp³-hybridized carbons (Fsp3) is 0. The summed E-state index contributed by atoms with van der Waals surface area (Å²) >= 11 is 1.83. The maximum atomic E-state index is 5.26. The third kappa shape index (κ3) is 3.19. The first-order valence-electron chi connectivity index (χ1n) is 12.5. The van der Waals surface area contributed by atoms with Crippen LogP contribution >= 0.6 is 11.3 Å². The molecule has 4 aromatic carbocycles. The fourth-order valence-electron chi connectivity index (χ4n) is 5.36. The van der Waals surface area contributed by atoms with Gasteiger partial charge in [0.15, 0.2) is 5.82 Å². The predicted octanol–water partition coefficient (Wildman–Crippen LogP) is 8.67. The highest BCUT2D eigenvalue weighted by molar-refractivity contribution is 7.26. The van der Waals surface area contributed by atoms with Crippen LogP contribution in [0.2, 0.25) is 0 Å². The minimum atomic E-state index is 0.704. The molecule has 0 unspecified atom stereocenters. The van der Waals surface area contributed by atoms with Crippen LogP contribution in [0.25, 0.3) is 70.6 Å². The highest BCUT2D eigenvalue weighted by Gasteiger charge is 2.20. The lowest BCUT2D eigenvalue weighted by atomic mass is 10.1. The molecule has 0 amide bonds. The largest absolute Gasteiger partial charge is 0.292 e. The van der Waals surface area contributed by atoms with E-state index in [0.29, 0.717) is 5.82 Å². The number of rotatable bonds is 3. The first-order chi connectivity index (χ1) is 18.8. The van der Waals surface area contributed by atoms with Gasteiger partial charge in [0, 0.05) is 42.9 Å². The number of nitrogens with zero attached hydrogens (tertiary/aromatic N) is 4. The molecule has 0 spiro atoms. The van der Waals surface area contributed by atoms with Gasteiger partial charge in [-0.2, -0.15) is 0 Å². The van der Waals surface area contributed by atoms with Crippen molar-refractivity contribution in [2.45, 2.75) is 0 Å². The Balaban J connectivity index is 1.48. The quantitative estimate of drug-likeness (QED) is 0.242. The van der Waals surface area contributed by atoms with Crippen molar-refractivity contribution in [2.24, 2.45) is 0 Å². The monoisotopic (exact) mass is 504 g/mol. The Morgan fingerprint density at radius 1 is 0.579 bits per heavy atom. The molecule has 4 heterocycles. The van der Waals surface area contributed by atoms with E-state index in [4.69, 9.17) is 9.97 Å². The summed E-state index contributed by atoms with van der Waals surface area (Å²) in [6.07, 6.45) is 1.84. The van der Waals surface area contributed by atoms with E-state index >= 15 is 0 Å². The zero-order valence-electron chi connectivity index (χ0n) is 20.2. The molecule has 0 N–H and O–H groups in total. The maximum Gasteiger partial charge on any atom is 0.161 e. The topological polar surface area (TPSA) is 43.6 Å². The van der Waals surface area contributed by atoms with E-state index in [0.717, 1.165) is 44.6 Å². The second kappa shape index (κ2) is 8.33. The molecule has 4 nitrogen and oxygen atoms in total. The van der Waals surface area contributed by atoms with Gasteiger partial charge in [0.1, 0.15) is 5.82 Å². The van der Waals surface area contributed by atoms with Gasteiger partial charge in [0.25, 0.3) is 0 Å². The van der Waals surface area contributed by atoms with Gasteiger partial charge in [0.05, 0.1) is 22.2 Å². The van der Waals surface area contributed by atoms with E-state index in [1.165, 1.54) is 20.2 Å². The van der Waals surface area contributed by atoms with Crippen molar-refractivity contribution in [1.82, 2.24) is 19.5 Å². The van der Waals surface area contributed by atoms with Gasteiger partial charge in [-0.3, -0.25) is 4.57 Å². The number of hydrogen-bond acceptors (Lipinski definition) is 4. The Labute approximate surface area is 222 Å². The van der Waals surface area contributed by atoms with Crippen molar-refractivity contribution in [2.75, 3.05) is 0 Å². The number of aromatic nitrogens is 4. The maximum absolute atomic E-state index is 5.26. The lowest BCUT2D eigenvalue weighted by Crippen LogP contribution is -2.00. The molecular weight excluding hydrogens is 484 g/mol. The molecule has 178 valence electrons. The van der Waals surface area contributed by atoms with E-state index < -0.39 is 0 Å². The van der Waals surface area contributed by atoms with Crippen LogP contribution in [0, 0.1) is 0 Å². The Kier molecular flexibility index (Phi) is 4.66. The standard InChI is InChI=1S/C33H20N4S/c1-3-9-21(10-4-1)25-16-18-27-31(35-25)30-26(17-15-24-23-13-7-8-14-28(23)38-32(24)30)37(27)29-19-20-34-33(36-29)22-11-5-2-6-12-22/h1-20H. The van der Waals surface area contributed by atoms with Gasteiger partial charge >= 0.3 is 0 Å². The molecule has 0 fully saturated rings. The predicted molar refractivity (Wildman–Crippen MR) is 158 cm³/mol. The van der Waals surface area contributed by atoms with Crippen molar-refractivity contribution < 1.29 is 0 Å².